The van der Waals surface area contributed by atoms with Crippen LogP contribution < -0.4 is 4.90 Å². The molecule has 0 aliphatic heterocycles. The zero-order chi connectivity index (χ0) is 23.7. The molecule has 1 aromatic heterocycles. The number of fused-ring (bicyclic) bond motifs is 1. The lowest BCUT2D eigenvalue weighted by atomic mass is 10.1. The Morgan fingerprint density at radius 3 is 2.21 bits per heavy atom. The molecular formula is C23H18N4O5S. The first-order chi connectivity index (χ1) is 15.7. The SMILES string of the molecule is Cc1ccc2sc(N(Cc3ccccc3)C(=O)c3cc([N+](=O)[O-])cc([N+](=O)[O-])c3)nc2c1C. The van der Waals surface area contributed by atoms with Crippen LogP contribution in [0.2, 0.25) is 0 Å². The number of benzene rings is 3. The van der Waals surface area contributed by atoms with Crippen LogP contribution in [-0.2, 0) is 6.54 Å². The van der Waals surface area contributed by atoms with Crippen molar-refractivity contribution in [2.24, 2.45) is 0 Å². The second kappa shape index (κ2) is 8.75. The van der Waals surface area contributed by atoms with Crippen LogP contribution in [0.5, 0.6) is 0 Å². The molecule has 0 unspecified atom stereocenters. The number of amides is 1. The van der Waals surface area contributed by atoms with Gasteiger partial charge in [0, 0.05) is 12.1 Å². The molecule has 0 bridgehead atoms. The molecule has 0 N–H and O–H groups in total. The van der Waals surface area contributed by atoms with E-state index in [1.54, 1.807) is 0 Å². The number of aryl methyl sites for hydroxylation is 2. The fourth-order valence-electron chi connectivity index (χ4n) is 3.41. The number of non-ortho nitro benzene ring substituents is 2. The van der Waals surface area contributed by atoms with E-state index < -0.39 is 27.1 Å². The highest BCUT2D eigenvalue weighted by atomic mass is 32.1. The maximum atomic E-state index is 13.6. The number of nitrogens with zero attached hydrogens (tertiary/aromatic N) is 4. The molecule has 1 heterocycles. The Morgan fingerprint density at radius 1 is 0.970 bits per heavy atom. The second-order valence-corrected chi connectivity index (χ2v) is 8.49. The maximum absolute atomic E-state index is 13.6. The van der Waals surface area contributed by atoms with Gasteiger partial charge in [0.05, 0.1) is 38.2 Å². The predicted molar refractivity (Wildman–Crippen MR) is 126 cm³/mol. The summed E-state index contributed by atoms with van der Waals surface area (Å²) in [4.78, 5) is 40.8. The molecule has 0 saturated carbocycles. The van der Waals surface area contributed by atoms with Crippen molar-refractivity contribution < 1.29 is 14.6 Å². The van der Waals surface area contributed by atoms with Crippen molar-refractivity contribution in [1.29, 1.82) is 0 Å². The summed E-state index contributed by atoms with van der Waals surface area (Å²) < 4.78 is 0.893. The summed E-state index contributed by atoms with van der Waals surface area (Å²) in [5.74, 6) is -0.612. The Hall–Kier alpha value is -4.18. The van der Waals surface area contributed by atoms with Crippen molar-refractivity contribution in [3.8, 4) is 0 Å². The van der Waals surface area contributed by atoms with Gasteiger partial charge >= 0.3 is 0 Å². The zero-order valence-corrected chi connectivity index (χ0v) is 18.5. The van der Waals surface area contributed by atoms with Crippen LogP contribution in [0.4, 0.5) is 16.5 Å². The van der Waals surface area contributed by atoms with Gasteiger partial charge in [-0.1, -0.05) is 47.7 Å². The van der Waals surface area contributed by atoms with E-state index in [0.29, 0.717) is 5.13 Å². The number of hydrogen-bond acceptors (Lipinski definition) is 7. The largest absolute Gasteiger partial charge is 0.279 e. The van der Waals surface area contributed by atoms with Gasteiger partial charge in [0.2, 0.25) is 0 Å². The number of nitro benzene ring substituents is 2. The topological polar surface area (TPSA) is 119 Å². The van der Waals surface area contributed by atoms with Crippen LogP contribution in [0.1, 0.15) is 27.0 Å². The van der Waals surface area contributed by atoms with Gasteiger partial charge in [-0.3, -0.25) is 29.9 Å². The number of carbonyl (C=O) groups excluding carboxylic acids is 1. The summed E-state index contributed by atoms with van der Waals surface area (Å²) in [6.45, 7) is 4.07. The molecule has 1 amide bonds. The Labute approximate surface area is 192 Å². The maximum Gasteiger partial charge on any atom is 0.277 e. The van der Waals surface area contributed by atoms with Crippen molar-refractivity contribution in [1.82, 2.24) is 4.98 Å². The highest BCUT2D eigenvalue weighted by molar-refractivity contribution is 7.22. The Balaban J connectivity index is 1.85. The number of carbonyl (C=O) groups is 1. The molecule has 3 aromatic carbocycles. The summed E-state index contributed by atoms with van der Waals surface area (Å²) in [6, 6.07) is 16.1. The minimum absolute atomic E-state index is 0.147. The van der Waals surface area contributed by atoms with E-state index in [1.165, 1.54) is 16.2 Å². The van der Waals surface area contributed by atoms with Crippen molar-refractivity contribution >= 4 is 44.0 Å². The third kappa shape index (κ3) is 4.41. The predicted octanol–water partition coefficient (Wildman–Crippen LogP) is 5.58. The van der Waals surface area contributed by atoms with Crippen LogP contribution in [0.3, 0.4) is 0 Å². The van der Waals surface area contributed by atoms with Gasteiger partial charge in [-0.25, -0.2) is 4.98 Å². The van der Waals surface area contributed by atoms with Crippen molar-refractivity contribution in [2.45, 2.75) is 20.4 Å². The molecule has 0 radical (unpaired) electrons. The van der Waals surface area contributed by atoms with E-state index in [-0.39, 0.29) is 12.1 Å². The van der Waals surface area contributed by atoms with Crippen LogP contribution in [0, 0.1) is 34.1 Å². The van der Waals surface area contributed by atoms with E-state index >= 15 is 0 Å². The average Bonchev–Trinajstić information content (AvgIpc) is 3.24. The molecule has 166 valence electrons. The van der Waals surface area contributed by atoms with Gasteiger partial charge < -0.3 is 0 Å². The number of thiazole rings is 1. The minimum atomic E-state index is -0.755. The number of hydrogen-bond donors (Lipinski definition) is 0. The first-order valence-electron chi connectivity index (χ1n) is 9.91. The average molecular weight is 462 g/mol. The van der Waals surface area contributed by atoms with Gasteiger partial charge in [0.1, 0.15) is 0 Å². The van der Waals surface area contributed by atoms with Crippen LogP contribution in [0.25, 0.3) is 10.2 Å². The van der Waals surface area contributed by atoms with E-state index in [1.807, 2.05) is 56.3 Å². The van der Waals surface area contributed by atoms with Gasteiger partial charge in [0.25, 0.3) is 17.3 Å². The molecule has 0 spiro atoms. The monoisotopic (exact) mass is 462 g/mol. The highest BCUT2D eigenvalue weighted by Crippen LogP contribution is 2.34. The molecule has 33 heavy (non-hydrogen) atoms. The minimum Gasteiger partial charge on any atom is -0.279 e. The first kappa shape index (κ1) is 22.0. The third-order valence-electron chi connectivity index (χ3n) is 5.30. The molecule has 10 heteroatoms. The molecule has 0 fully saturated rings. The molecule has 0 atom stereocenters. The van der Waals surface area contributed by atoms with Crippen LogP contribution in [-0.4, -0.2) is 20.7 Å². The van der Waals surface area contributed by atoms with E-state index in [9.17, 15) is 25.0 Å². The second-order valence-electron chi connectivity index (χ2n) is 7.48. The summed E-state index contributed by atoms with van der Waals surface area (Å²) in [6.07, 6.45) is 0. The lowest BCUT2D eigenvalue weighted by Gasteiger charge is -2.20. The van der Waals surface area contributed by atoms with E-state index in [4.69, 9.17) is 0 Å². The Bertz CT molecular complexity index is 1370. The third-order valence-corrected chi connectivity index (χ3v) is 6.35. The lowest BCUT2D eigenvalue weighted by molar-refractivity contribution is -0.394. The zero-order valence-electron chi connectivity index (χ0n) is 17.7. The summed E-state index contributed by atoms with van der Waals surface area (Å²) in [5, 5.41) is 23.0. The van der Waals surface area contributed by atoms with Gasteiger partial charge in [-0.05, 0) is 36.6 Å². The molecule has 0 aliphatic carbocycles. The quantitative estimate of drug-likeness (QED) is 0.273. The first-order valence-corrected chi connectivity index (χ1v) is 10.7. The number of rotatable bonds is 6. The van der Waals surface area contributed by atoms with E-state index in [0.717, 1.165) is 45.1 Å². The molecule has 9 nitrogen and oxygen atoms in total. The normalized spacial score (nSPS) is 10.8. The Morgan fingerprint density at radius 2 is 1.61 bits per heavy atom. The lowest BCUT2D eigenvalue weighted by Crippen LogP contribution is -2.30. The number of aromatic nitrogens is 1. The summed E-state index contributed by atoms with van der Waals surface area (Å²) in [5.41, 5.74) is 2.44. The van der Waals surface area contributed by atoms with E-state index in [2.05, 4.69) is 4.98 Å². The van der Waals surface area contributed by atoms with Gasteiger partial charge in [-0.2, -0.15) is 0 Å². The molecular weight excluding hydrogens is 444 g/mol. The smallest absolute Gasteiger partial charge is 0.277 e. The molecule has 4 rings (SSSR count). The number of nitro groups is 2. The molecule has 4 aromatic rings. The summed E-state index contributed by atoms with van der Waals surface area (Å²) >= 11 is 1.32. The fourth-order valence-corrected chi connectivity index (χ4v) is 4.43. The van der Waals surface area contributed by atoms with Gasteiger partial charge in [0.15, 0.2) is 5.13 Å². The van der Waals surface area contributed by atoms with Gasteiger partial charge in [-0.15, -0.1) is 0 Å². The van der Waals surface area contributed by atoms with Crippen LogP contribution >= 0.6 is 11.3 Å². The molecule has 0 aliphatic rings. The fraction of sp³-hybridized carbons (Fsp3) is 0.130. The Kier molecular flexibility index (Phi) is 5.84. The highest BCUT2D eigenvalue weighted by Gasteiger charge is 2.26. The number of anilines is 1. The van der Waals surface area contributed by atoms with Crippen LogP contribution in [0.15, 0.2) is 60.7 Å². The van der Waals surface area contributed by atoms with Crippen molar-refractivity contribution in [3.63, 3.8) is 0 Å². The standard InChI is InChI=1S/C23H18N4O5S/c1-14-8-9-20-21(15(14)2)24-23(33-20)25(13-16-6-4-3-5-7-16)22(28)17-10-18(26(29)30)12-19(11-17)27(31)32/h3-12H,13H2,1-2H3. The van der Waals surface area contributed by atoms with Crippen molar-refractivity contribution in [2.75, 3.05) is 4.90 Å². The molecule has 0 saturated heterocycles. The summed E-state index contributed by atoms with van der Waals surface area (Å²) in [7, 11) is 0. The van der Waals surface area contributed by atoms with Crippen molar-refractivity contribution in [3.05, 3.63) is 103 Å².